The van der Waals surface area contributed by atoms with Crippen molar-refractivity contribution in [3.8, 4) is 12.3 Å². The first kappa shape index (κ1) is 8.10. The molecule has 1 aromatic heterocycles. The number of pyridine rings is 1. The van der Waals surface area contributed by atoms with Gasteiger partial charge in [-0.1, -0.05) is 17.7 Å². The molecule has 0 saturated heterocycles. The van der Waals surface area contributed by atoms with Crippen molar-refractivity contribution in [1.29, 1.82) is 0 Å². The van der Waals surface area contributed by atoms with Gasteiger partial charge in [-0.25, -0.2) is 4.98 Å². The van der Waals surface area contributed by atoms with Crippen LogP contribution in [-0.4, -0.2) is 4.98 Å². The van der Waals surface area contributed by atoms with Gasteiger partial charge in [-0.3, -0.25) is 0 Å². The average molecular weight is 166 g/mol. The van der Waals surface area contributed by atoms with Gasteiger partial charge in [0.05, 0.1) is 0 Å². The van der Waals surface area contributed by atoms with Crippen LogP contribution in [0.25, 0.3) is 0 Å². The predicted octanol–water partition coefficient (Wildman–Crippen LogP) is 2.30. The van der Waals surface area contributed by atoms with Gasteiger partial charge < -0.3 is 0 Å². The highest BCUT2D eigenvalue weighted by Gasteiger charge is 1.97. The molecule has 0 aliphatic rings. The van der Waals surface area contributed by atoms with E-state index >= 15 is 0 Å². The molecule has 1 aromatic rings. The number of aromatic nitrogens is 1. The van der Waals surface area contributed by atoms with E-state index in [0.717, 1.165) is 12.0 Å². The van der Waals surface area contributed by atoms with Crippen LogP contribution in [0.5, 0.6) is 0 Å². The van der Waals surface area contributed by atoms with Crippen molar-refractivity contribution in [1.82, 2.24) is 4.98 Å². The third kappa shape index (κ3) is 2.25. The summed E-state index contributed by atoms with van der Waals surface area (Å²) in [6.07, 6.45) is 8.30. The number of nitrogens with zero attached hydrogens (tertiary/aromatic N) is 1. The van der Waals surface area contributed by atoms with Crippen molar-refractivity contribution >= 4 is 11.6 Å². The second-order valence-corrected chi connectivity index (χ2v) is 2.52. The Morgan fingerprint density at radius 1 is 1.64 bits per heavy atom. The van der Waals surface area contributed by atoms with E-state index < -0.39 is 0 Å². The molecular weight excluding hydrogens is 158 g/mol. The minimum Gasteiger partial charge on any atom is -0.244 e. The summed E-state index contributed by atoms with van der Waals surface area (Å²) >= 11 is 5.78. The van der Waals surface area contributed by atoms with E-state index in [0.29, 0.717) is 11.6 Å². The normalized spacial score (nSPS) is 9.09. The lowest BCUT2D eigenvalue weighted by Crippen LogP contribution is -1.86. The van der Waals surface area contributed by atoms with Crippen LogP contribution in [-0.2, 0) is 6.42 Å². The first-order chi connectivity index (χ1) is 5.34. The first-order valence-electron chi connectivity index (χ1n) is 3.37. The van der Waals surface area contributed by atoms with Crippen LogP contribution in [0.15, 0.2) is 18.3 Å². The van der Waals surface area contributed by atoms with Gasteiger partial charge in [0.15, 0.2) is 0 Å². The fourth-order valence-corrected chi connectivity index (χ4v) is 1.03. The minimum absolute atomic E-state index is 0.558. The molecule has 0 amide bonds. The van der Waals surface area contributed by atoms with Crippen LogP contribution >= 0.6 is 11.6 Å². The SMILES string of the molecule is C#CCCc1cccnc1Cl. The Morgan fingerprint density at radius 3 is 3.09 bits per heavy atom. The summed E-state index contributed by atoms with van der Waals surface area (Å²) in [5.41, 5.74) is 1.02. The van der Waals surface area contributed by atoms with E-state index in [4.69, 9.17) is 18.0 Å². The van der Waals surface area contributed by atoms with Crippen LogP contribution < -0.4 is 0 Å². The Hall–Kier alpha value is -1.00. The molecule has 1 nitrogen and oxygen atoms in total. The van der Waals surface area contributed by atoms with Crippen molar-refractivity contribution in [3.05, 3.63) is 29.0 Å². The third-order valence-corrected chi connectivity index (χ3v) is 1.72. The van der Waals surface area contributed by atoms with Crippen molar-refractivity contribution in [3.63, 3.8) is 0 Å². The minimum atomic E-state index is 0.558. The maximum atomic E-state index is 5.78. The van der Waals surface area contributed by atoms with E-state index in [-0.39, 0.29) is 0 Å². The second kappa shape index (κ2) is 4.00. The summed E-state index contributed by atoms with van der Waals surface area (Å²) in [6.45, 7) is 0. The number of rotatable bonds is 2. The molecule has 56 valence electrons. The number of hydrogen-bond acceptors (Lipinski definition) is 1. The lowest BCUT2D eigenvalue weighted by Gasteiger charge is -1.97. The van der Waals surface area contributed by atoms with E-state index in [1.165, 1.54) is 0 Å². The maximum absolute atomic E-state index is 5.78. The van der Waals surface area contributed by atoms with E-state index in [2.05, 4.69) is 10.9 Å². The number of aryl methyl sites for hydroxylation is 1. The van der Waals surface area contributed by atoms with Gasteiger partial charge >= 0.3 is 0 Å². The molecule has 1 rings (SSSR count). The fourth-order valence-electron chi connectivity index (χ4n) is 0.813. The summed E-state index contributed by atoms with van der Waals surface area (Å²) in [4.78, 5) is 3.93. The largest absolute Gasteiger partial charge is 0.244 e. The smallest absolute Gasteiger partial charge is 0.132 e. The molecule has 0 aliphatic heterocycles. The lowest BCUT2D eigenvalue weighted by molar-refractivity contribution is 1.01. The Balaban J connectivity index is 2.71. The third-order valence-electron chi connectivity index (χ3n) is 1.38. The molecular formula is C9H8ClN. The Labute approximate surface area is 71.4 Å². The zero-order valence-electron chi connectivity index (χ0n) is 6.05. The number of hydrogen-bond donors (Lipinski definition) is 0. The quantitative estimate of drug-likeness (QED) is 0.484. The molecule has 11 heavy (non-hydrogen) atoms. The van der Waals surface area contributed by atoms with E-state index in [1.807, 2.05) is 12.1 Å². The lowest BCUT2D eigenvalue weighted by atomic mass is 10.2. The zero-order chi connectivity index (χ0) is 8.10. The van der Waals surface area contributed by atoms with Crippen LogP contribution in [0.1, 0.15) is 12.0 Å². The van der Waals surface area contributed by atoms with Crippen LogP contribution in [0.2, 0.25) is 5.15 Å². The van der Waals surface area contributed by atoms with Crippen molar-refractivity contribution in [2.24, 2.45) is 0 Å². The van der Waals surface area contributed by atoms with Gasteiger partial charge in [0.25, 0.3) is 0 Å². The van der Waals surface area contributed by atoms with E-state index in [9.17, 15) is 0 Å². The molecule has 0 spiro atoms. The summed E-state index contributed by atoms with van der Waals surface area (Å²) in [7, 11) is 0. The molecule has 2 heteroatoms. The summed E-state index contributed by atoms with van der Waals surface area (Å²) < 4.78 is 0. The second-order valence-electron chi connectivity index (χ2n) is 2.16. The molecule has 0 N–H and O–H groups in total. The summed E-state index contributed by atoms with van der Waals surface area (Å²) in [5.74, 6) is 2.56. The molecule has 0 aromatic carbocycles. The molecule has 1 heterocycles. The van der Waals surface area contributed by atoms with Gasteiger partial charge in [0.2, 0.25) is 0 Å². The van der Waals surface area contributed by atoms with Crippen molar-refractivity contribution in [2.45, 2.75) is 12.8 Å². The Bertz CT molecular complexity index is 275. The molecule has 0 bridgehead atoms. The van der Waals surface area contributed by atoms with Crippen molar-refractivity contribution < 1.29 is 0 Å². The zero-order valence-corrected chi connectivity index (χ0v) is 6.80. The van der Waals surface area contributed by atoms with Gasteiger partial charge in [0, 0.05) is 12.6 Å². The van der Waals surface area contributed by atoms with Crippen molar-refractivity contribution in [2.75, 3.05) is 0 Å². The van der Waals surface area contributed by atoms with Gasteiger partial charge in [-0.2, -0.15) is 0 Å². The number of halogens is 1. The molecule has 0 aliphatic carbocycles. The molecule has 0 atom stereocenters. The Morgan fingerprint density at radius 2 is 2.45 bits per heavy atom. The highest BCUT2D eigenvalue weighted by molar-refractivity contribution is 6.30. The number of terminal acetylenes is 1. The molecule has 0 fully saturated rings. The predicted molar refractivity (Wildman–Crippen MR) is 46.4 cm³/mol. The topological polar surface area (TPSA) is 12.9 Å². The van der Waals surface area contributed by atoms with Gasteiger partial charge in [-0.05, 0) is 18.1 Å². The monoisotopic (exact) mass is 165 g/mol. The molecule has 0 radical (unpaired) electrons. The Kier molecular flexibility index (Phi) is 2.95. The van der Waals surface area contributed by atoms with Crippen LogP contribution in [0.3, 0.4) is 0 Å². The average Bonchev–Trinajstić information content (AvgIpc) is 2.03. The summed E-state index contributed by atoms with van der Waals surface area (Å²) in [6, 6.07) is 3.80. The highest BCUT2D eigenvalue weighted by Crippen LogP contribution is 2.12. The van der Waals surface area contributed by atoms with Gasteiger partial charge in [-0.15, -0.1) is 12.3 Å². The molecule has 0 unspecified atom stereocenters. The van der Waals surface area contributed by atoms with Crippen LogP contribution in [0, 0.1) is 12.3 Å². The maximum Gasteiger partial charge on any atom is 0.132 e. The summed E-state index contributed by atoms with van der Waals surface area (Å²) in [5, 5.41) is 0.558. The van der Waals surface area contributed by atoms with E-state index in [1.54, 1.807) is 6.20 Å². The first-order valence-corrected chi connectivity index (χ1v) is 3.75. The molecule has 0 saturated carbocycles. The highest BCUT2D eigenvalue weighted by atomic mass is 35.5. The standard InChI is InChI=1S/C9H8ClN/c1-2-3-5-8-6-4-7-11-9(8)10/h1,4,6-7H,3,5H2. The van der Waals surface area contributed by atoms with Gasteiger partial charge in [0.1, 0.15) is 5.15 Å². The van der Waals surface area contributed by atoms with Crippen LogP contribution in [0.4, 0.5) is 0 Å². The fraction of sp³-hybridized carbons (Fsp3) is 0.222.